The van der Waals surface area contributed by atoms with Crippen LogP contribution in [0.1, 0.15) is 27.8 Å². The van der Waals surface area contributed by atoms with Gasteiger partial charge in [-0.2, -0.15) is 13.9 Å². The van der Waals surface area contributed by atoms with Crippen LogP contribution in [-0.4, -0.2) is 54.0 Å². The van der Waals surface area contributed by atoms with Crippen molar-refractivity contribution >= 4 is 32.9 Å². The summed E-state index contributed by atoms with van der Waals surface area (Å²) >= 11 is 0. The lowest BCUT2D eigenvalue weighted by molar-refractivity contribution is -0.0498. The number of aldehydes is 1. The van der Waals surface area contributed by atoms with Crippen LogP contribution in [0.15, 0.2) is 42.5 Å². The number of amides is 1. The van der Waals surface area contributed by atoms with Crippen molar-refractivity contribution in [3.05, 3.63) is 53.7 Å². The van der Waals surface area contributed by atoms with Gasteiger partial charge >= 0.3 is 6.61 Å². The number of fused-ring (bicyclic) bond motifs is 1. The van der Waals surface area contributed by atoms with Gasteiger partial charge in [0.15, 0.2) is 16.1 Å². The van der Waals surface area contributed by atoms with Crippen LogP contribution >= 0.6 is 0 Å². The van der Waals surface area contributed by atoms with Crippen LogP contribution in [-0.2, 0) is 9.84 Å². The molecule has 2 heterocycles. The van der Waals surface area contributed by atoms with Gasteiger partial charge in [-0.15, -0.1) is 0 Å². The molecule has 3 aromatic rings. The number of carbonyl (C=O) groups excluding carboxylic acids is 2. The predicted octanol–water partition coefficient (Wildman–Crippen LogP) is 2.36. The van der Waals surface area contributed by atoms with E-state index in [1.165, 1.54) is 35.0 Å². The summed E-state index contributed by atoms with van der Waals surface area (Å²) in [7, 11) is -3.13. The summed E-state index contributed by atoms with van der Waals surface area (Å²) in [6.45, 7) is -1.34. The first-order valence-corrected chi connectivity index (χ1v) is 11.0. The summed E-state index contributed by atoms with van der Waals surface area (Å²) in [6, 6.07) is 10.4. The van der Waals surface area contributed by atoms with Gasteiger partial charge in [-0.05, 0) is 37.3 Å². The SMILES string of the molecule is CC1(NC(=O)c2ccc3c(c2)c(C=O)nn3-c2cccc(OC(F)F)c2)CS(=O)(=O)C1. The molecule has 1 aromatic heterocycles. The molecule has 4 rings (SSSR count). The fraction of sp³-hybridized carbons (Fsp3) is 0.250. The molecule has 0 atom stereocenters. The van der Waals surface area contributed by atoms with Gasteiger partial charge in [0.25, 0.3) is 5.91 Å². The third kappa shape index (κ3) is 4.13. The molecule has 0 unspecified atom stereocenters. The minimum absolute atomic E-state index is 0.0577. The van der Waals surface area contributed by atoms with Gasteiger partial charge in [0.05, 0.1) is 28.2 Å². The first-order chi connectivity index (χ1) is 14.6. The molecule has 31 heavy (non-hydrogen) atoms. The number of hydrogen-bond donors (Lipinski definition) is 1. The van der Waals surface area contributed by atoms with E-state index in [4.69, 9.17) is 0 Å². The number of benzene rings is 2. The molecule has 1 aliphatic rings. The van der Waals surface area contributed by atoms with Gasteiger partial charge < -0.3 is 10.1 Å². The number of nitrogens with zero attached hydrogens (tertiary/aromatic N) is 2. The number of rotatable bonds is 6. The monoisotopic (exact) mass is 449 g/mol. The molecular weight excluding hydrogens is 432 g/mol. The van der Waals surface area contributed by atoms with E-state index in [1.54, 1.807) is 19.1 Å². The number of sulfone groups is 1. The van der Waals surface area contributed by atoms with Gasteiger partial charge in [0.2, 0.25) is 0 Å². The minimum Gasteiger partial charge on any atom is -0.435 e. The fourth-order valence-electron chi connectivity index (χ4n) is 3.70. The number of nitrogens with one attached hydrogen (secondary N) is 1. The van der Waals surface area contributed by atoms with Crippen LogP contribution in [0.4, 0.5) is 8.78 Å². The second kappa shape index (κ2) is 7.41. The first-order valence-electron chi connectivity index (χ1n) is 9.15. The van der Waals surface area contributed by atoms with Gasteiger partial charge in [-0.1, -0.05) is 6.07 Å². The van der Waals surface area contributed by atoms with Crippen LogP contribution in [0.3, 0.4) is 0 Å². The Balaban J connectivity index is 1.68. The van der Waals surface area contributed by atoms with Crippen LogP contribution < -0.4 is 10.1 Å². The quantitative estimate of drug-likeness (QED) is 0.579. The van der Waals surface area contributed by atoms with E-state index in [0.29, 0.717) is 22.9 Å². The maximum atomic E-state index is 12.6. The maximum absolute atomic E-state index is 12.6. The van der Waals surface area contributed by atoms with Crippen molar-refractivity contribution in [1.82, 2.24) is 15.1 Å². The largest absolute Gasteiger partial charge is 0.435 e. The third-order valence-electron chi connectivity index (χ3n) is 4.86. The second-order valence-electron chi connectivity index (χ2n) is 7.57. The summed E-state index contributed by atoms with van der Waals surface area (Å²) in [6.07, 6.45) is 0.528. The summed E-state index contributed by atoms with van der Waals surface area (Å²) in [4.78, 5) is 24.2. The van der Waals surface area contributed by atoms with Crippen LogP contribution in [0, 0.1) is 0 Å². The number of hydrogen-bond acceptors (Lipinski definition) is 6. The van der Waals surface area contributed by atoms with E-state index in [-0.39, 0.29) is 28.5 Å². The highest BCUT2D eigenvalue weighted by atomic mass is 32.2. The molecule has 0 bridgehead atoms. The fourth-order valence-corrected chi connectivity index (χ4v) is 5.71. The number of alkyl halides is 2. The number of halogens is 2. The van der Waals surface area contributed by atoms with E-state index in [1.807, 2.05) is 0 Å². The van der Waals surface area contributed by atoms with Crippen LogP contribution in [0.2, 0.25) is 0 Å². The predicted molar refractivity (Wildman–Crippen MR) is 108 cm³/mol. The van der Waals surface area contributed by atoms with Gasteiger partial charge in [-0.3, -0.25) is 9.59 Å². The molecule has 0 radical (unpaired) electrons. The third-order valence-corrected chi connectivity index (χ3v) is 7.02. The van der Waals surface area contributed by atoms with E-state index in [0.717, 1.165) is 0 Å². The van der Waals surface area contributed by atoms with Crippen molar-refractivity contribution < 1.29 is 31.5 Å². The van der Waals surface area contributed by atoms with E-state index >= 15 is 0 Å². The smallest absolute Gasteiger partial charge is 0.387 e. The Bertz CT molecular complexity index is 1290. The standard InChI is InChI=1S/C20H17F2N3O5S/c1-20(10-31(28,29)11-20)23-18(27)12-5-6-17-15(7-12)16(9-26)24-25(17)13-3-2-4-14(8-13)30-19(21)22/h2-9,19H,10-11H2,1H3,(H,23,27). The van der Waals surface area contributed by atoms with Crippen molar-refractivity contribution in [1.29, 1.82) is 0 Å². The Morgan fingerprint density at radius 3 is 2.65 bits per heavy atom. The molecule has 0 saturated carbocycles. The first kappa shape index (κ1) is 20.9. The van der Waals surface area contributed by atoms with Crippen molar-refractivity contribution in [2.75, 3.05) is 11.5 Å². The summed E-state index contributed by atoms with van der Waals surface area (Å²) in [5.74, 6) is -0.815. The molecule has 162 valence electrons. The molecule has 1 N–H and O–H groups in total. The second-order valence-corrected chi connectivity index (χ2v) is 9.63. The van der Waals surface area contributed by atoms with Crippen molar-refractivity contribution in [3.8, 4) is 11.4 Å². The van der Waals surface area contributed by atoms with Crippen LogP contribution in [0.5, 0.6) is 5.75 Å². The van der Waals surface area contributed by atoms with Crippen LogP contribution in [0.25, 0.3) is 16.6 Å². The average Bonchev–Trinajstić information content (AvgIpc) is 3.03. The van der Waals surface area contributed by atoms with E-state index < -0.39 is 27.9 Å². The van der Waals surface area contributed by atoms with Crippen molar-refractivity contribution in [2.45, 2.75) is 19.1 Å². The average molecular weight is 449 g/mol. The van der Waals surface area contributed by atoms with Crippen molar-refractivity contribution in [3.63, 3.8) is 0 Å². The highest BCUT2D eigenvalue weighted by Crippen LogP contribution is 2.27. The number of aromatic nitrogens is 2. The summed E-state index contributed by atoms with van der Waals surface area (Å²) in [5, 5.41) is 7.31. The van der Waals surface area contributed by atoms with E-state index in [9.17, 15) is 26.8 Å². The van der Waals surface area contributed by atoms with Crippen molar-refractivity contribution in [2.24, 2.45) is 0 Å². The molecule has 2 aromatic carbocycles. The lowest BCUT2D eigenvalue weighted by Gasteiger charge is -2.38. The molecule has 0 spiro atoms. The maximum Gasteiger partial charge on any atom is 0.387 e. The zero-order valence-electron chi connectivity index (χ0n) is 16.2. The zero-order valence-corrected chi connectivity index (χ0v) is 17.0. The molecule has 1 amide bonds. The van der Waals surface area contributed by atoms with Gasteiger partial charge in [0, 0.05) is 17.0 Å². The molecule has 1 saturated heterocycles. The Kier molecular flexibility index (Phi) is 5.00. The Morgan fingerprint density at radius 1 is 1.26 bits per heavy atom. The lowest BCUT2D eigenvalue weighted by atomic mass is 10.0. The molecule has 11 heteroatoms. The Hall–Kier alpha value is -3.34. The minimum atomic E-state index is -3.13. The number of carbonyl (C=O) groups is 2. The van der Waals surface area contributed by atoms with Gasteiger partial charge in [-0.25, -0.2) is 13.1 Å². The Morgan fingerprint density at radius 2 is 2.00 bits per heavy atom. The Labute approximate surface area is 175 Å². The number of ether oxygens (including phenoxy) is 1. The molecular formula is C20H17F2N3O5S. The normalized spacial score (nSPS) is 16.6. The summed E-state index contributed by atoms with van der Waals surface area (Å²) in [5.41, 5.74) is 0.317. The zero-order chi connectivity index (χ0) is 22.4. The molecule has 0 aliphatic carbocycles. The van der Waals surface area contributed by atoms with Gasteiger partial charge in [0.1, 0.15) is 11.4 Å². The van der Waals surface area contributed by atoms with E-state index in [2.05, 4.69) is 15.2 Å². The highest BCUT2D eigenvalue weighted by Gasteiger charge is 2.45. The molecule has 1 aliphatic heterocycles. The molecule has 8 nitrogen and oxygen atoms in total. The lowest BCUT2D eigenvalue weighted by Crippen LogP contribution is -2.63. The highest BCUT2D eigenvalue weighted by molar-refractivity contribution is 7.93. The molecule has 1 fully saturated rings. The summed E-state index contributed by atoms with van der Waals surface area (Å²) < 4.78 is 53.7. The topological polar surface area (TPSA) is 107 Å².